The van der Waals surface area contributed by atoms with Gasteiger partial charge in [0.05, 0.1) is 5.60 Å². The van der Waals surface area contributed by atoms with Gasteiger partial charge in [0.15, 0.2) is 0 Å². The van der Waals surface area contributed by atoms with E-state index in [0.29, 0.717) is 11.1 Å². The van der Waals surface area contributed by atoms with Crippen LogP contribution in [0, 0.1) is 6.92 Å². The summed E-state index contributed by atoms with van der Waals surface area (Å²) in [7, 11) is 0. The van der Waals surface area contributed by atoms with Crippen LogP contribution in [-0.2, 0) is 5.60 Å². The van der Waals surface area contributed by atoms with E-state index in [-0.39, 0.29) is 12.3 Å². The van der Waals surface area contributed by atoms with Crippen molar-refractivity contribution in [2.24, 2.45) is 5.73 Å². The molecule has 3 nitrogen and oxygen atoms in total. The Bertz CT molecular complexity index is 367. The Balaban J connectivity index is 3.07. The first kappa shape index (κ1) is 12.9. The third kappa shape index (κ3) is 2.90. The molecular weight excluding hydrogens is 216 g/mol. The molecule has 0 fully saturated rings. The van der Waals surface area contributed by atoms with Gasteiger partial charge in [0.2, 0.25) is 0 Å². The van der Waals surface area contributed by atoms with Crippen LogP contribution in [-0.4, -0.2) is 18.3 Å². The van der Waals surface area contributed by atoms with Gasteiger partial charge in [-0.3, -0.25) is 0 Å². The van der Waals surface area contributed by atoms with Crippen LogP contribution in [0.3, 0.4) is 0 Å². The maximum atomic E-state index is 12.1. The number of rotatable bonds is 4. The number of hydrogen-bond acceptors (Lipinski definition) is 3. The summed E-state index contributed by atoms with van der Waals surface area (Å²) in [6, 6.07) is 4.63. The second kappa shape index (κ2) is 4.76. The van der Waals surface area contributed by atoms with Gasteiger partial charge in [-0.25, -0.2) is 0 Å². The quantitative estimate of drug-likeness (QED) is 0.830. The van der Waals surface area contributed by atoms with Gasteiger partial charge in [-0.15, -0.1) is 0 Å². The number of halogens is 2. The van der Waals surface area contributed by atoms with E-state index in [1.807, 2.05) is 0 Å². The van der Waals surface area contributed by atoms with Crippen LogP contribution in [0.5, 0.6) is 5.75 Å². The van der Waals surface area contributed by atoms with E-state index in [1.165, 1.54) is 13.0 Å². The number of hydrogen-bond donors (Lipinski definition) is 2. The monoisotopic (exact) mass is 231 g/mol. The van der Waals surface area contributed by atoms with Crippen molar-refractivity contribution in [3.8, 4) is 5.75 Å². The van der Waals surface area contributed by atoms with E-state index in [1.54, 1.807) is 19.1 Å². The maximum absolute atomic E-state index is 12.1. The molecule has 5 heteroatoms. The third-order valence-electron chi connectivity index (χ3n) is 2.42. The summed E-state index contributed by atoms with van der Waals surface area (Å²) >= 11 is 0. The molecule has 0 saturated heterocycles. The first-order valence-corrected chi connectivity index (χ1v) is 4.85. The first-order valence-electron chi connectivity index (χ1n) is 4.85. The minimum Gasteiger partial charge on any atom is -0.435 e. The smallest absolute Gasteiger partial charge is 0.387 e. The van der Waals surface area contributed by atoms with Crippen molar-refractivity contribution < 1.29 is 18.6 Å². The molecule has 0 heterocycles. The molecule has 16 heavy (non-hydrogen) atoms. The van der Waals surface area contributed by atoms with Gasteiger partial charge in [0.25, 0.3) is 0 Å². The summed E-state index contributed by atoms with van der Waals surface area (Å²) < 4.78 is 28.5. The van der Waals surface area contributed by atoms with E-state index >= 15 is 0 Å². The molecule has 0 aromatic heterocycles. The number of ether oxygens (including phenoxy) is 1. The molecule has 1 aromatic carbocycles. The topological polar surface area (TPSA) is 55.5 Å². The van der Waals surface area contributed by atoms with E-state index in [9.17, 15) is 13.9 Å². The molecular formula is C11H15F2NO2. The Morgan fingerprint density at radius 3 is 2.62 bits per heavy atom. The minimum absolute atomic E-state index is 0.00415. The van der Waals surface area contributed by atoms with E-state index in [0.717, 1.165) is 0 Å². The molecule has 0 saturated carbocycles. The fourth-order valence-corrected chi connectivity index (χ4v) is 1.28. The lowest BCUT2D eigenvalue weighted by Gasteiger charge is -2.22. The molecule has 0 spiro atoms. The average molecular weight is 231 g/mol. The lowest BCUT2D eigenvalue weighted by molar-refractivity contribution is -0.0506. The fraction of sp³-hybridized carbons (Fsp3) is 0.455. The number of nitrogens with two attached hydrogens (primary N) is 1. The van der Waals surface area contributed by atoms with Gasteiger partial charge in [-0.1, -0.05) is 12.1 Å². The normalized spacial score (nSPS) is 14.9. The SMILES string of the molecule is Cc1ccc(C(C)(O)CN)cc1OC(F)F. The van der Waals surface area contributed by atoms with Crippen LogP contribution in [0.25, 0.3) is 0 Å². The van der Waals surface area contributed by atoms with Gasteiger partial charge < -0.3 is 15.6 Å². The highest BCUT2D eigenvalue weighted by Gasteiger charge is 2.22. The van der Waals surface area contributed by atoms with Crippen molar-refractivity contribution in [3.05, 3.63) is 29.3 Å². The second-order valence-electron chi connectivity index (χ2n) is 3.84. The van der Waals surface area contributed by atoms with Crippen LogP contribution >= 0.6 is 0 Å². The van der Waals surface area contributed by atoms with Gasteiger partial charge >= 0.3 is 6.61 Å². The van der Waals surface area contributed by atoms with Crippen molar-refractivity contribution in [1.82, 2.24) is 0 Å². The summed E-state index contributed by atoms with van der Waals surface area (Å²) in [5, 5.41) is 9.88. The molecule has 1 rings (SSSR count). The second-order valence-corrected chi connectivity index (χ2v) is 3.84. The Morgan fingerprint density at radius 2 is 2.12 bits per heavy atom. The van der Waals surface area contributed by atoms with Crippen LogP contribution in [0.4, 0.5) is 8.78 Å². The van der Waals surface area contributed by atoms with Crippen LogP contribution in [0.2, 0.25) is 0 Å². The highest BCUT2D eigenvalue weighted by atomic mass is 19.3. The molecule has 0 aliphatic carbocycles. The van der Waals surface area contributed by atoms with Gasteiger partial charge in [-0.2, -0.15) is 8.78 Å². The van der Waals surface area contributed by atoms with Gasteiger partial charge in [0.1, 0.15) is 5.75 Å². The number of alkyl halides is 2. The van der Waals surface area contributed by atoms with Gasteiger partial charge in [0, 0.05) is 6.54 Å². The van der Waals surface area contributed by atoms with Crippen molar-refractivity contribution in [2.45, 2.75) is 26.1 Å². The highest BCUT2D eigenvalue weighted by molar-refractivity contribution is 5.39. The molecule has 0 amide bonds. The molecule has 0 radical (unpaired) electrons. The maximum Gasteiger partial charge on any atom is 0.387 e. The van der Waals surface area contributed by atoms with Crippen LogP contribution in [0.15, 0.2) is 18.2 Å². The lowest BCUT2D eigenvalue weighted by atomic mass is 9.95. The Kier molecular flexibility index (Phi) is 3.83. The molecule has 0 aliphatic heterocycles. The lowest BCUT2D eigenvalue weighted by Crippen LogP contribution is -2.31. The molecule has 1 aromatic rings. The summed E-state index contributed by atoms with van der Waals surface area (Å²) in [5.41, 5.74) is 5.18. The number of benzene rings is 1. The third-order valence-corrected chi connectivity index (χ3v) is 2.42. The van der Waals surface area contributed by atoms with Gasteiger partial charge in [-0.05, 0) is 31.0 Å². The van der Waals surface area contributed by atoms with E-state index in [4.69, 9.17) is 5.73 Å². The minimum atomic E-state index is -2.88. The zero-order valence-electron chi connectivity index (χ0n) is 9.21. The highest BCUT2D eigenvalue weighted by Crippen LogP contribution is 2.27. The van der Waals surface area contributed by atoms with E-state index in [2.05, 4.69) is 4.74 Å². The Labute approximate surface area is 92.8 Å². The Hall–Kier alpha value is -1.20. The molecule has 1 atom stereocenters. The summed E-state index contributed by atoms with van der Waals surface area (Å²) in [6.07, 6.45) is 0. The number of aliphatic hydroxyl groups is 1. The van der Waals surface area contributed by atoms with E-state index < -0.39 is 12.2 Å². The largest absolute Gasteiger partial charge is 0.435 e. The zero-order valence-corrected chi connectivity index (χ0v) is 9.21. The molecule has 3 N–H and O–H groups in total. The average Bonchev–Trinajstić information content (AvgIpc) is 2.20. The first-order chi connectivity index (χ1) is 7.36. The standard InChI is InChI=1S/C11H15F2NO2/c1-7-3-4-8(11(2,15)6-14)5-9(7)16-10(12)13/h3-5,10,15H,6,14H2,1-2H3. The predicted octanol–water partition coefficient (Wildman–Crippen LogP) is 1.76. The molecule has 0 aliphatic rings. The van der Waals surface area contributed by atoms with Crippen molar-refractivity contribution >= 4 is 0 Å². The summed E-state index contributed by atoms with van der Waals surface area (Å²) in [6.45, 7) is 0.295. The zero-order chi connectivity index (χ0) is 12.3. The molecule has 0 bridgehead atoms. The summed E-state index contributed by atoms with van der Waals surface area (Å²) in [4.78, 5) is 0. The van der Waals surface area contributed by atoms with Crippen LogP contribution < -0.4 is 10.5 Å². The van der Waals surface area contributed by atoms with Crippen molar-refractivity contribution in [3.63, 3.8) is 0 Å². The Morgan fingerprint density at radius 1 is 1.50 bits per heavy atom. The molecule has 90 valence electrons. The predicted molar refractivity (Wildman–Crippen MR) is 56.4 cm³/mol. The summed E-state index contributed by atoms with van der Waals surface area (Å²) in [5.74, 6) is 0.0567. The molecule has 1 unspecified atom stereocenters. The number of aryl methyl sites for hydroxylation is 1. The van der Waals surface area contributed by atoms with Crippen LogP contribution in [0.1, 0.15) is 18.1 Å². The fourth-order valence-electron chi connectivity index (χ4n) is 1.28. The van der Waals surface area contributed by atoms with Crippen molar-refractivity contribution in [2.75, 3.05) is 6.54 Å². The van der Waals surface area contributed by atoms with Crippen molar-refractivity contribution in [1.29, 1.82) is 0 Å².